The Labute approximate surface area is 89.2 Å². The van der Waals surface area contributed by atoms with Crippen molar-refractivity contribution in [3.63, 3.8) is 0 Å². The number of hydrogen-bond donors (Lipinski definition) is 1. The first-order valence-corrected chi connectivity index (χ1v) is 5.35. The first-order chi connectivity index (χ1) is 7.18. The maximum absolute atomic E-state index is 13.5. The molecule has 1 aromatic carbocycles. The van der Waals surface area contributed by atoms with Crippen LogP contribution in [0.5, 0.6) is 5.75 Å². The molecule has 0 aliphatic heterocycles. The number of hydrogen-bond acceptors (Lipinski definition) is 2. The van der Waals surface area contributed by atoms with Crippen molar-refractivity contribution in [3.05, 3.63) is 29.6 Å². The van der Waals surface area contributed by atoms with Gasteiger partial charge in [-0.05, 0) is 31.7 Å². The van der Waals surface area contributed by atoms with Crippen LogP contribution in [-0.4, -0.2) is 6.61 Å². The van der Waals surface area contributed by atoms with Gasteiger partial charge >= 0.3 is 0 Å². The maximum Gasteiger partial charge on any atom is 0.165 e. The number of halogens is 1. The summed E-state index contributed by atoms with van der Waals surface area (Å²) in [5.74, 6) is 0.635. The molecule has 1 aromatic rings. The van der Waals surface area contributed by atoms with Crippen LogP contribution < -0.4 is 10.5 Å². The summed E-state index contributed by atoms with van der Waals surface area (Å²) >= 11 is 0. The highest BCUT2D eigenvalue weighted by atomic mass is 19.1. The van der Waals surface area contributed by atoms with E-state index in [1.807, 2.05) is 13.0 Å². The van der Waals surface area contributed by atoms with Crippen LogP contribution in [0.2, 0.25) is 0 Å². The monoisotopic (exact) mass is 209 g/mol. The molecule has 0 unspecified atom stereocenters. The molecular formula is C12H16FNO. The first-order valence-electron chi connectivity index (χ1n) is 5.35. The second kappa shape index (κ2) is 4.19. The summed E-state index contributed by atoms with van der Waals surface area (Å²) in [4.78, 5) is 0. The van der Waals surface area contributed by atoms with Crippen molar-refractivity contribution in [1.29, 1.82) is 0 Å². The van der Waals surface area contributed by atoms with Gasteiger partial charge in [-0.2, -0.15) is 0 Å². The van der Waals surface area contributed by atoms with Gasteiger partial charge in [0, 0.05) is 11.6 Å². The average Bonchev–Trinajstić information content (AvgIpc) is 2.99. The van der Waals surface area contributed by atoms with Gasteiger partial charge in [0.1, 0.15) is 0 Å². The van der Waals surface area contributed by atoms with E-state index < -0.39 is 0 Å². The van der Waals surface area contributed by atoms with Gasteiger partial charge in [0.2, 0.25) is 0 Å². The third-order valence-corrected chi connectivity index (χ3v) is 2.65. The van der Waals surface area contributed by atoms with E-state index in [4.69, 9.17) is 10.5 Å². The zero-order valence-electron chi connectivity index (χ0n) is 8.87. The lowest BCUT2D eigenvalue weighted by Crippen LogP contribution is -2.10. The van der Waals surface area contributed by atoms with Crippen LogP contribution in [0.15, 0.2) is 18.2 Å². The maximum atomic E-state index is 13.5. The van der Waals surface area contributed by atoms with Crippen molar-refractivity contribution in [2.75, 3.05) is 6.61 Å². The Balaban J connectivity index is 2.16. The van der Waals surface area contributed by atoms with Crippen LogP contribution in [0.1, 0.15) is 31.4 Å². The molecule has 1 saturated carbocycles. The van der Waals surface area contributed by atoms with E-state index in [9.17, 15) is 4.39 Å². The molecule has 0 saturated heterocycles. The molecule has 0 amide bonds. The summed E-state index contributed by atoms with van der Waals surface area (Å²) in [5.41, 5.74) is 6.50. The van der Waals surface area contributed by atoms with E-state index in [-0.39, 0.29) is 11.9 Å². The van der Waals surface area contributed by atoms with Crippen LogP contribution in [0.4, 0.5) is 4.39 Å². The van der Waals surface area contributed by atoms with E-state index in [1.54, 1.807) is 6.07 Å². The predicted octanol–water partition coefficient (Wildman–Crippen LogP) is 2.63. The Morgan fingerprint density at radius 2 is 2.27 bits per heavy atom. The van der Waals surface area contributed by atoms with Gasteiger partial charge in [0.05, 0.1) is 6.61 Å². The van der Waals surface area contributed by atoms with Crippen LogP contribution >= 0.6 is 0 Å². The molecular weight excluding hydrogens is 193 g/mol. The third kappa shape index (κ3) is 2.48. The van der Waals surface area contributed by atoms with Gasteiger partial charge < -0.3 is 10.5 Å². The van der Waals surface area contributed by atoms with Crippen molar-refractivity contribution in [2.24, 2.45) is 11.7 Å². The molecule has 1 aliphatic carbocycles. The Hall–Kier alpha value is -1.09. The molecule has 82 valence electrons. The zero-order valence-corrected chi connectivity index (χ0v) is 8.87. The minimum atomic E-state index is -0.314. The lowest BCUT2D eigenvalue weighted by molar-refractivity contribution is 0.281. The summed E-state index contributed by atoms with van der Waals surface area (Å²) in [6.45, 7) is 2.44. The van der Waals surface area contributed by atoms with E-state index in [1.165, 1.54) is 18.9 Å². The Morgan fingerprint density at radius 3 is 2.87 bits per heavy atom. The standard InChI is InChI=1S/C12H16FNO/c1-8(14)10-3-2-4-11(13)12(10)15-7-9-5-6-9/h2-4,8-9H,5-7,14H2,1H3/t8-/m0/s1. The second-order valence-corrected chi connectivity index (χ2v) is 4.20. The van der Waals surface area contributed by atoms with Gasteiger partial charge in [0.25, 0.3) is 0 Å². The fourth-order valence-corrected chi connectivity index (χ4v) is 1.52. The highest BCUT2D eigenvalue weighted by molar-refractivity contribution is 5.37. The van der Waals surface area contributed by atoms with Crippen LogP contribution in [-0.2, 0) is 0 Å². The van der Waals surface area contributed by atoms with Crippen LogP contribution in [0.3, 0.4) is 0 Å². The highest BCUT2D eigenvalue weighted by Crippen LogP contribution is 2.32. The van der Waals surface area contributed by atoms with Crippen molar-refractivity contribution < 1.29 is 9.13 Å². The van der Waals surface area contributed by atoms with Gasteiger partial charge in [-0.3, -0.25) is 0 Å². The minimum absolute atomic E-state index is 0.199. The number of para-hydroxylation sites is 1. The highest BCUT2D eigenvalue weighted by Gasteiger charge is 2.23. The smallest absolute Gasteiger partial charge is 0.165 e. The van der Waals surface area contributed by atoms with Crippen molar-refractivity contribution in [3.8, 4) is 5.75 Å². The SMILES string of the molecule is C[C@H](N)c1cccc(F)c1OCC1CC1. The fourth-order valence-electron chi connectivity index (χ4n) is 1.52. The molecule has 15 heavy (non-hydrogen) atoms. The van der Waals surface area contributed by atoms with Gasteiger partial charge in [-0.1, -0.05) is 12.1 Å². The molecule has 0 radical (unpaired) electrons. The van der Waals surface area contributed by atoms with E-state index in [0.717, 1.165) is 5.56 Å². The molecule has 0 aromatic heterocycles. The van der Waals surface area contributed by atoms with Crippen LogP contribution in [0, 0.1) is 11.7 Å². The molecule has 2 rings (SSSR count). The largest absolute Gasteiger partial charge is 0.490 e. The number of rotatable bonds is 4. The van der Waals surface area contributed by atoms with Crippen molar-refractivity contribution >= 4 is 0 Å². The lowest BCUT2D eigenvalue weighted by Gasteiger charge is -2.14. The summed E-state index contributed by atoms with van der Waals surface area (Å²) in [5, 5.41) is 0. The Bertz CT molecular complexity index is 347. The summed E-state index contributed by atoms with van der Waals surface area (Å²) < 4.78 is 19.0. The Morgan fingerprint density at radius 1 is 1.53 bits per heavy atom. The summed E-state index contributed by atoms with van der Waals surface area (Å²) in [6, 6.07) is 4.69. The van der Waals surface area contributed by atoms with Crippen molar-refractivity contribution in [1.82, 2.24) is 0 Å². The summed E-state index contributed by atoms with van der Waals surface area (Å²) in [6.07, 6.45) is 2.39. The molecule has 0 spiro atoms. The molecule has 2 nitrogen and oxygen atoms in total. The van der Waals surface area contributed by atoms with Gasteiger partial charge in [-0.25, -0.2) is 4.39 Å². The number of benzene rings is 1. The Kier molecular flexibility index (Phi) is 2.91. The topological polar surface area (TPSA) is 35.2 Å². The predicted molar refractivity (Wildman–Crippen MR) is 57.2 cm³/mol. The van der Waals surface area contributed by atoms with E-state index >= 15 is 0 Å². The normalized spacial score (nSPS) is 17.5. The quantitative estimate of drug-likeness (QED) is 0.827. The molecule has 0 bridgehead atoms. The second-order valence-electron chi connectivity index (χ2n) is 4.20. The molecule has 2 N–H and O–H groups in total. The minimum Gasteiger partial charge on any atom is -0.490 e. The van der Waals surface area contributed by atoms with Crippen LogP contribution in [0.25, 0.3) is 0 Å². The molecule has 1 atom stereocenters. The van der Waals surface area contributed by atoms with E-state index in [0.29, 0.717) is 18.3 Å². The van der Waals surface area contributed by atoms with Gasteiger partial charge in [0.15, 0.2) is 11.6 Å². The average molecular weight is 209 g/mol. The van der Waals surface area contributed by atoms with Gasteiger partial charge in [-0.15, -0.1) is 0 Å². The molecule has 0 heterocycles. The molecule has 1 fully saturated rings. The first kappa shape index (κ1) is 10.4. The molecule has 1 aliphatic rings. The number of ether oxygens (including phenoxy) is 1. The van der Waals surface area contributed by atoms with E-state index in [2.05, 4.69) is 0 Å². The zero-order chi connectivity index (χ0) is 10.8. The van der Waals surface area contributed by atoms with Crippen molar-refractivity contribution in [2.45, 2.75) is 25.8 Å². The number of nitrogens with two attached hydrogens (primary N) is 1. The molecule has 3 heteroatoms. The summed E-state index contributed by atoms with van der Waals surface area (Å²) in [7, 11) is 0. The fraction of sp³-hybridized carbons (Fsp3) is 0.500. The third-order valence-electron chi connectivity index (χ3n) is 2.65. The lowest BCUT2D eigenvalue weighted by atomic mass is 10.1.